The van der Waals surface area contributed by atoms with Crippen LogP contribution in [0.25, 0.3) is 0 Å². The Balaban J connectivity index is 1.44. The van der Waals surface area contributed by atoms with Gasteiger partial charge in [0.2, 0.25) is 0 Å². The topological polar surface area (TPSA) is 26.0 Å². The summed E-state index contributed by atoms with van der Waals surface area (Å²) in [4.78, 5) is 0.790. The van der Waals surface area contributed by atoms with Gasteiger partial charge in [0, 0.05) is 5.41 Å². The second-order valence-electron chi connectivity index (χ2n) is 9.49. The van der Waals surface area contributed by atoms with Crippen LogP contribution in [0, 0.1) is 23.2 Å². The SMILES string of the molecule is NC(=S)C12CC3CC(c4ccccc4)(CC(C1)C3CCc1ccccc1)C2. The predicted octanol–water partition coefficient (Wildman–Crippen LogP) is 5.67. The fraction of sp³-hybridized carbons (Fsp3) is 0.480. The number of thiocarbonyl (C=S) groups is 1. The summed E-state index contributed by atoms with van der Waals surface area (Å²) in [7, 11) is 0. The van der Waals surface area contributed by atoms with E-state index in [1.807, 2.05) is 0 Å². The molecule has 2 atom stereocenters. The lowest BCUT2D eigenvalue weighted by Gasteiger charge is -2.65. The molecule has 4 fully saturated rings. The second-order valence-corrected chi connectivity index (χ2v) is 9.93. The van der Waals surface area contributed by atoms with Gasteiger partial charge in [0.1, 0.15) is 0 Å². The van der Waals surface area contributed by atoms with Crippen molar-refractivity contribution in [3.63, 3.8) is 0 Å². The molecule has 27 heavy (non-hydrogen) atoms. The van der Waals surface area contributed by atoms with Crippen LogP contribution < -0.4 is 5.73 Å². The van der Waals surface area contributed by atoms with E-state index in [-0.39, 0.29) is 5.41 Å². The number of hydrogen-bond donors (Lipinski definition) is 1. The van der Waals surface area contributed by atoms with Crippen LogP contribution in [-0.2, 0) is 11.8 Å². The minimum atomic E-state index is 0.111. The van der Waals surface area contributed by atoms with Crippen LogP contribution in [0.2, 0.25) is 0 Å². The second kappa shape index (κ2) is 6.44. The Kier molecular flexibility index (Phi) is 4.16. The van der Waals surface area contributed by atoms with E-state index in [0.29, 0.717) is 5.41 Å². The molecule has 0 amide bonds. The third-order valence-electron chi connectivity index (χ3n) is 8.02. The van der Waals surface area contributed by atoms with Gasteiger partial charge < -0.3 is 5.73 Å². The highest BCUT2D eigenvalue weighted by Gasteiger charge is 2.62. The highest BCUT2D eigenvalue weighted by molar-refractivity contribution is 7.80. The molecule has 0 aromatic heterocycles. The van der Waals surface area contributed by atoms with Crippen molar-refractivity contribution >= 4 is 17.2 Å². The summed E-state index contributed by atoms with van der Waals surface area (Å²) in [6.07, 6.45) is 8.82. The van der Waals surface area contributed by atoms with E-state index in [9.17, 15) is 0 Å². The zero-order chi connectivity index (χ0) is 18.5. The molecule has 4 saturated carbocycles. The first kappa shape index (κ1) is 17.4. The van der Waals surface area contributed by atoms with Crippen molar-refractivity contribution in [2.75, 3.05) is 0 Å². The molecule has 4 aliphatic rings. The van der Waals surface area contributed by atoms with E-state index >= 15 is 0 Å². The lowest BCUT2D eigenvalue weighted by atomic mass is 9.40. The number of aryl methyl sites for hydroxylation is 1. The van der Waals surface area contributed by atoms with Crippen LogP contribution in [0.4, 0.5) is 0 Å². The van der Waals surface area contributed by atoms with Crippen LogP contribution in [0.15, 0.2) is 60.7 Å². The highest BCUT2D eigenvalue weighted by atomic mass is 32.1. The average Bonchev–Trinajstić information content (AvgIpc) is 2.68. The minimum absolute atomic E-state index is 0.111. The van der Waals surface area contributed by atoms with E-state index in [0.717, 1.165) is 22.7 Å². The van der Waals surface area contributed by atoms with Gasteiger partial charge in [-0.05, 0) is 79.2 Å². The van der Waals surface area contributed by atoms with Gasteiger partial charge in [-0.1, -0.05) is 72.9 Å². The molecule has 0 heterocycles. The van der Waals surface area contributed by atoms with Gasteiger partial charge in [-0.25, -0.2) is 0 Å². The number of hydrogen-bond acceptors (Lipinski definition) is 1. The fourth-order valence-corrected chi connectivity index (χ4v) is 7.35. The van der Waals surface area contributed by atoms with Gasteiger partial charge in [0.15, 0.2) is 0 Å². The Morgan fingerprint density at radius 3 is 2.07 bits per heavy atom. The zero-order valence-electron chi connectivity index (χ0n) is 15.9. The normalized spacial score (nSPS) is 36.7. The van der Waals surface area contributed by atoms with E-state index < -0.39 is 0 Å². The quantitative estimate of drug-likeness (QED) is 0.681. The first-order valence-electron chi connectivity index (χ1n) is 10.5. The first-order valence-corrected chi connectivity index (χ1v) is 10.9. The van der Waals surface area contributed by atoms with Crippen molar-refractivity contribution in [2.24, 2.45) is 28.9 Å². The van der Waals surface area contributed by atoms with Gasteiger partial charge in [0.05, 0.1) is 4.99 Å². The van der Waals surface area contributed by atoms with Crippen molar-refractivity contribution in [3.05, 3.63) is 71.8 Å². The maximum absolute atomic E-state index is 6.37. The molecule has 0 spiro atoms. The summed E-state index contributed by atoms with van der Waals surface area (Å²) in [6.45, 7) is 0. The van der Waals surface area contributed by atoms with Crippen molar-refractivity contribution in [2.45, 2.75) is 50.4 Å². The molecule has 0 aliphatic heterocycles. The first-order chi connectivity index (χ1) is 13.1. The largest absolute Gasteiger partial charge is 0.393 e. The maximum Gasteiger partial charge on any atom is 0.0790 e. The third-order valence-corrected chi connectivity index (χ3v) is 8.45. The third kappa shape index (κ3) is 2.84. The van der Waals surface area contributed by atoms with Crippen LogP contribution in [-0.4, -0.2) is 4.99 Å². The molecule has 2 heteroatoms. The summed E-state index contributed by atoms with van der Waals surface area (Å²) in [6, 6.07) is 22.2. The van der Waals surface area contributed by atoms with Crippen molar-refractivity contribution in [1.29, 1.82) is 0 Å². The van der Waals surface area contributed by atoms with Crippen LogP contribution in [0.5, 0.6) is 0 Å². The molecule has 0 radical (unpaired) electrons. The van der Waals surface area contributed by atoms with Gasteiger partial charge in [-0.3, -0.25) is 0 Å². The molecule has 140 valence electrons. The summed E-state index contributed by atoms with van der Waals surface area (Å²) in [5, 5.41) is 0. The van der Waals surface area contributed by atoms with Gasteiger partial charge in [-0.15, -0.1) is 0 Å². The standard InChI is InChI=1S/C25H29NS/c26-23(27)25-15-19-13-24(17-25,21-9-5-2-6-10-21)14-20(16-25)22(19)12-11-18-7-3-1-4-8-18/h1-10,19-20,22H,11-17H2,(H2,26,27). The summed E-state index contributed by atoms with van der Waals surface area (Å²) >= 11 is 5.64. The lowest BCUT2D eigenvalue weighted by molar-refractivity contribution is -0.0827. The van der Waals surface area contributed by atoms with Gasteiger partial charge in [0.25, 0.3) is 0 Å². The molecule has 2 aromatic rings. The lowest BCUT2D eigenvalue weighted by Crippen LogP contribution is -2.61. The molecule has 2 unspecified atom stereocenters. The molecule has 4 aliphatic carbocycles. The molecule has 2 aromatic carbocycles. The molecule has 2 N–H and O–H groups in total. The van der Waals surface area contributed by atoms with Crippen LogP contribution in [0.1, 0.15) is 49.7 Å². The Bertz CT molecular complexity index is 812. The zero-order valence-corrected chi connectivity index (χ0v) is 16.8. The summed E-state index contributed by atoms with van der Waals surface area (Å²) < 4.78 is 0. The summed E-state index contributed by atoms with van der Waals surface area (Å²) in [5.74, 6) is 2.39. The van der Waals surface area contributed by atoms with Crippen LogP contribution in [0.3, 0.4) is 0 Å². The Labute approximate surface area is 168 Å². The highest BCUT2D eigenvalue weighted by Crippen LogP contribution is 2.68. The molecular formula is C25H29NS. The molecular weight excluding hydrogens is 346 g/mol. The molecule has 0 saturated heterocycles. The molecule has 6 rings (SSSR count). The maximum atomic E-state index is 6.37. The average molecular weight is 376 g/mol. The monoisotopic (exact) mass is 375 g/mol. The number of rotatable bonds is 5. The fourth-order valence-electron chi connectivity index (χ4n) is 7.11. The predicted molar refractivity (Wildman–Crippen MR) is 116 cm³/mol. The Morgan fingerprint density at radius 1 is 0.889 bits per heavy atom. The van der Waals surface area contributed by atoms with Crippen molar-refractivity contribution in [1.82, 2.24) is 0 Å². The van der Waals surface area contributed by atoms with Gasteiger partial charge in [-0.2, -0.15) is 0 Å². The number of benzene rings is 2. The van der Waals surface area contributed by atoms with Crippen molar-refractivity contribution in [3.8, 4) is 0 Å². The van der Waals surface area contributed by atoms with E-state index in [1.165, 1.54) is 56.1 Å². The minimum Gasteiger partial charge on any atom is -0.393 e. The Morgan fingerprint density at radius 2 is 1.48 bits per heavy atom. The van der Waals surface area contributed by atoms with Gasteiger partial charge >= 0.3 is 0 Å². The van der Waals surface area contributed by atoms with E-state index in [4.69, 9.17) is 18.0 Å². The summed E-state index contributed by atoms with van der Waals surface area (Å²) in [5.41, 5.74) is 9.80. The van der Waals surface area contributed by atoms with Crippen molar-refractivity contribution < 1.29 is 0 Å². The smallest absolute Gasteiger partial charge is 0.0790 e. The van der Waals surface area contributed by atoms with Crippen LogP contribution >= 0.6 is 12.2 Å². The Hall–Kier alpha value is -1.67. The van der Waals surface area contributed by atoms with E-state index in [2.05, 4.69) is 60.7 Å². The number of nitrogens with two attached hydrogens (primary N) is 1. The van der Waals surface area contributed by atoms with E-state index in [1.54, 1.807) is 0 Å². The molecule has 1 nitrogen and oxygen atoms in total. The molecule has 4 bridgehead atoms.